The number of rotatable bonds is 4. The second-order valence-corrected chi connectivity index (χ2v) is 7.68. The van der Waals surface area contributed by atoms with E-state index >= 15 is 0 Å². The number of thiazole rings is 1. The molecule has 1 aliphatic carbocycles. The lowest BCUT2D eigenvalue weighted by Crippen LogP contribution is -2.44. The third kappa shape index (κ3) is 3.31. The van der Waals surface area contributed by atoms with Crippen molar-refractivity contribution >= 4 is 22.3 Å². The molecule has 7 heteroatoms. The minimum Gasteiger partial charge on any atom is -0.359 e. The maximum atomic E-state index is 11.2. The average molecular weight is 345 g/mol. The van der Waals surface area contributed by atoms with Crippen molar-refractivity contribution in [2.24, 2.45) is 0 Å². The Morgan fingerprint density at radius 1 is 1.25 bits per heavy atom. The molecule has 128 valence electrons. The molecular weight excluding hydrogens is 322 g/mol. The maximum absolute atomic E-state index is 11.2. The zero-order chi connectivity index (χ0) is 16.4. The number of piperidine rings is 1. The lowest BCUT2D eigenvalue weighted by atomic mass is 10.0. The summed E-state index contributed by atoms with van der Waals surface area (Å²) in [4.78, 5) is 19.8. The minimum absolute atomic E-state index is 0.154. The number of hydrogen-bond donors (Lipinski definition) is 2. The Kier molecular flexibility index (Phi) is 4.51. The molecule has 0 saturated carbocycles. The number of fused-ring (bicyclic) bond motifs is 1. The molecule has 2 aromatic rings. The number of anilines is 2. The number of aromatic nitrogens is 3. The summed E-state index contributed by atoms with van der Waals surface area (Å²) in [6, 6.07) is 3.76. The fourth-order valence-corrected chi connectivity index (χ4v) is 4.70. The summed E-state index contributed by atoms with van der Waals surface area (Å²) >= 11 is 1.82. The number of nitrogens with one attached hydrogen (secondary N) is 2. The van der Waals surface area contributed by atoms with Crippen molar-refractivity contribution in [2.45, 2.75) is 51.0 Å². The van der Waals surface area contributed by atoms with Gasteiger partial charge in [-0.15, -0.1) is 11.3 Å². The molecule has 0 spiro atoms. The molecule has 0 aromatic carbocycles. The molecule has 3 heterocycles. The van der Waals surface area contributed by atoms with E-state index in [-0.39, 0.29) is 5.56 Å². The van der Waals surface area contributed by atoms with Gasteiger partial charge in [-0.05, 0) is 51.0 Å². The Bertz CT molecular complexity index is 712. The summed E-state index contributed by atoms with van der Waals surface area (Å²) in [6.45, 7) is 1.85. The minimum atomic E-state index is -0.154. The molecular formula is C17H23N5OS. The SMILES string of the molecule is O=c1ccc(N2CCCCC2CNc2nc3c(s2)CCCC3)n[nH]1. The summed E-state index contributed by atoms with van der Waals surface area (Å²) in [5, 5.41) is 11.4. The zero-order valence-corrected chi connectivity index (χ0v) is 14.6. The Morgan fingerprint density at radius 2 is 2.17 bits per heavy atom. The molecule has 0 radical (unpaired) electrons. The summed E-state index contributed by atoms with van der Waals surface area (Å²) in [5.74, 6) is 0.861. The molecule has 1 atom stereocenters. The van der Waals surface area contributed by atoms with Crippen molar-refractivity contribution in [2.75, 3.05) is 23.3 Å². The smallest absolute Gasteiger partial charge is 0.264 e. The van der Waals surface area contributed by atoms with Gasteiger partial charge >= 0.3 is 0 Å². The van der Waals surface area contributed by atoms with Crippen molar-refractivity contribution in [1.29, 1.82) is 0 Å². The Balaban J connectivity index is 1.44. The van der Waals surface area contributed by atoms with Gasteiger partial charge in [0.25, 0.3) is 5.56 Å². The molecule has 1 saturated heterocycles. The monoisotopic (exact) mass is 345 g/mol. The normalized spacial score (nSPS) is 20.7. The second-order valence-electron chi connectivity index (χ2n) is 6.60. The van der Waals surface area contributed by atoms with Crippen LogP contribution >= 0.6 is 11.3 Å². The highest BCUT2D eigenvalue weighted by Gasteiger charge is 2.24. The van der Waals surface area contributed by atoms with Crippen LogP contribution in [0.15, 0.2) is 16.9 Å². The van der Waals surface area contributed by atoms with E-state index in [0.29, 0.717) is 6.04 Å². The molecule has 1 fully saturated rings. The fraction of sp³-hybridized carbons (Fsp3) is 0.588. The van der Waals surface area contributed by atoms with Gasteiger partial charge in [-0.1, -0.05) is 0 Å². The van der Waals surface area contributed by atoms with Crippen LogP contribution in [0.5, 0.6) is 0 Å². The van der Waals surface area contributed by atoms with Crippen LogP contribution in [0, 0.1) is 0 Å². The number of H-pyrrole nitrogens is 1. The van der Waals surface area contributed by atoms with Gasteiger partial charge in [-0.3, -0.25) is 4.79 Å². The van der Waals surface area contributed by atoms with E-state index in [9.17, 15) is 4.79 Å². The van der Waals surface area contributed by atoms with Crippen LogP contribution in [0.2, 0.25) is 0 Å². The van der Waals surface area contributed by atoms with E-state index in [1.807, 2.05) is 17.4 Å². The molecule has 2 aliphatic rings. The highest BCUT2D eigenvalue weighted by atomic mass is 32.1. The van der Waals surface area contributed by atoms with E-state index < -0.39 is 0 Å². The topological polar surface area (TPSA) is 73.9 Å². The van der Waals surface area contributed by atoms with Crippen molar-refractivity contribution in [1.82, 2.24) is 15.2 Å². The highest BCUT2D eigenvalue weighted by molar-refractivity contribution is 7.15. The van der Waals surface area contributed by atoms with E-state index in [1.54, 1.807) is 6.07 Å². The number of aromatic amines is 1. The molecule has 2 N–H and O–H groups in total. The van der Waals surface area contributed by atoms with Crippen molar-refractivity contribution in [3.63, 3.8) is 0 Å². The first-order valence-electron chi connectivity index (χ1n) is 8.84. The lowest BCUT2D eigenvalue weighted by Gasteiger charge is -2.36. The van der Waals surface area contributed by atoms with Crippen molar-refractivity contribution in [3.05, 3.63) is 33.1 Å². The number of aryl methyl sites for hydroxylation is 2. The second kappa shape index (κ2) is 6.93. The van der Waals surface area contributed by atoms with Crippen LogP contribution in [0.4, 0.5) is 10.9 Å². The zero-order valence-electron chi connectivity index (χ0n) is 13.8. The molecule has 0 amide bonds. The Morgan fingerprint density at radius 3 is 3.00 bits per heavy atom. The predicted octanol–water partition coefficient (Wildman–Crippen LogP) is 2.58. The molecule has 6 nitrogen and oxygen atoms in total. The number of nitrogens with zero attached hydrogens (tertiary/aromatic N) is 3. The van der Waals surface area contributed by atoms with Crippen LogP contribution in [0.1, 0.15) is 42.7 Å². The van der Waals surface area contributed by atoms with Crippen molar-refractivity contribution < 1.29 is 0 Å². The van der Waals surface area contributed by atoms with Gasteiger partial charge < -0.3 is 10.2 Å². The molecule has 2 aromatic heterocycles. The van der Waals surface area contributed by atoms with Crippen LogP contribution in [0.3, 0.4) is 0 Å². The first-order valence-corrected chi connectivity index (χ1v) is 9.66. The van der Waals surface area contributed by atoms with Crippen LogP contribution in [0.25, 0.3) is 0 Å². The van der Waals surface area contributed by atoms with E-state index in [4.69, 9.17) is 4.98 Å². The van der Waals surface area contributed by atoms with E-state index in [2.05, 4.69) is 20.4 Å². The predicted molar refractivity (Wildman–Crippen MR) is 97.1 cm³/mol. The molecule has 4 rings (SSSR count). The first kappa shape index (κ1) is 15.6. The third-order valence-electron chi connectivity index (χ3n) is 4.92. The third-order valence-corrected chi connectivity index (χ3v) is 6.04. The lowest BCUT2D eigenvalue weighted by molar-refractivity contribution is 0.467. The van der Waals surface area contributed by atoms with Gasteiger partial charge in [0, 0.05) is 30.1 Å². The summed E-state index contributed by atoms with van der Waals surface area (Å²) in [7, 11) is 0. The summed E-state index contributed by atoms with van der Waals surface area (Å²) < 4.78 is 0. The van der Waals surface area contributed by atoms with Gasteiger partial charge in [-0.2, -0.15) is 5.10 Å². The summed E-state index contributed by atoms with van der Waals surface area (Å²) in [5.41, 5.74) is 1.15. The fourth-order valence-electron chi connectivity index (χ4n) is 3.64. The van der Waals surface area contributed by atoms with Gasteiger partial charge in [0.1, 0.15) is 5.82 Å². The van der Waals surface area contributed by atoms with Crippen LogP contribution < -0.4 is 15.8 Å². The molecule has 1 unspecified atom stereocenters. The largest absolute Gasteiger partial charge is 0.359 e. The number of hydrogen-bond acceptors (Lipinski definition) is 6. The van der Waals surface area contributed by atoms with Crippen molar-refractivity contribution in [3.8, 4) is 0 Å². The van der Waals surface area contributed by atoms with E-state index in [0.717, 1.165) is 36.9 Å². The maximum Gasteiger partial charge on any atom is 0.264 e. The highest BCUT2D eigenvalue weighted by Crippen LogP contribution is 2.30. The van der Waals surface area contributed by atoms with Crippen LogP contribution in [-0.4, -0.2) is 34.3 Å². The summed E-state index contributed by atoms with van der Waals surface area (Å²) in [6.07, 6.45) is 8.42. The van der Waals surface area contributed by atoms with Gasteiger partial charge in [0.05, 0.1) is 5.69 Å². The molecule has 0 bridgehead atoms. The van der Waals surface area contributed by atoms with Gasteiger partial charge in [0.15, 0.2) is 5.13 Å². The Labute approximate surface area is 145 Å². The van der Waals surface area contributed by atoms with Crippen LogP contribution in [-0.2, 0) is 12.8 Å². The molecule has 24 heavy (non-hydrogen) atoms. The standard InChI is InChI=1S/C17H23N5OS/c23-16-9-8-15(20-21-16)22-10-4-3-5-12(22)11-18-17-19-13-6-1-2-7-14(13)24-17/h8-9,12H,1-7,10-11H2,(H,18,19)(H,21,23). The Hall–Kier alpha value is -1.89. The van der Waals surface area contributed by atoms with Gasteiger partial charge in [0.2, 0.25) is 0 Å². The first-order chi connectivity index (χ1) is 11.8. The quantitative estimate of drug-likeness (QED) is 0.891. The van der Waals surface area contributed by atoms with E-state index in [1.165, 1.54) is 42.7 Å². The average Bonchev–Trinajstić information content (AvgIpc) is 3.04. The molecule has 1 aliphatic heterocycles. The van der Waals surface area contributed by atoms with Gasteiger partial charge in [-0.25, -0.2) is 10.1 Å².